The number of carbonyl (C=O) groups is 1. The summed E-state index contributed by atoms with van der Waals surface area (Å²) in [5, 5.41) is 9.60. The Morgan fingerprint density at radius 2 is 2.29 bits per heavy atom. The molecule has 0 radical (unpaired) electrons. The molecule has 2 rings (SSSR count). The number of carbonyl (C=O) groups excluding carboxylic acids is 1. The minimum atomic E-state index is 0.157. The average molecular weight is 190 g/mol. The number of Topliss-reactive ketones (excluding diaryl/α,β-unsaturated/α-hetero) is 1. The van der Waals surface area contributed by atoms with E-state index in [1.807, 2.05) is 12.1 Å². The molecule has 0 fully saturated rings. The highest BCUT2D eigenvalue weighted by Crippen LogP contribution is 2.31. The molecule has 0 heterocycles. The van der Waals surface area contributed by atoms with E-state index in [4.69, 9.17) is 0 Å². The molecule has 1 N–H and O–H groups in total. The summed E-state index contributed by atoms with van der Waals surface area (Å²) in [7, 11) is 0. The lowest BCUT2D eigenvalue weighted by Crippen LogP contribution is -2.20. The number of phenols is 1. The largest absolute Gasteiger partial charge is 0.508 e. The van der Waals surface area contributed by atoms with Gasteiger partial charge in [0.15, 0.2) is 0 Å². The first-order valence-electron chi connectivity index (χ1n) is 4.98. The molecule has 1 aliphatic carbocycles. The summed E-state index contributed by atoms with van der Waals surface area (Å²) in [5.74, 6) is 0.799. The molecule has 0 saturated carbocycles. The fourth-order valence-corrected chi connectivity index (χ4v) is 2.13. The number of hydrogen-bond donors (Lipinski definition) is 1. The van der Waals surface area contributed by atoms with E-state index in [0.29, 0.717) is 5.75 Å². The first kappa shape index (κ1) is 9.25. The molecule has 2 nitrogen and oxygen atoms in total. The SMILES string of the molecule is CC(=O)C1CCc2c(O)cccc2C1. The van der Waals surface area contributed by atoms with Crippen LogP contribution in [0.4, 0.5) is 0 Å². The van der Waals surface area contributed by atoms with Gasteiger partial charge in [0, 0.05) is 5.92 Å². The highest BCUT2D eigenvalue weighted by atomic mass is 16.3. The van der Waals surface area contributed by atoms with Crippen LogP contribution < -0.4 is 0 Å². The second-order valence-corrected chi connectivity index (χ2v) is 3.97. The monoisotopic (exact) mass is 190 g/mol. The van der Waals surface area contributed by atoms with Gasteiger partial charge >= 0.3 is 0 Å². The number of aromatic hydroxyl groups is 1. The molecule has 0 bridgehead atoms. The van der Waals surface area contributed by atoms with Gasteiger partial charge in [-0.1, -0.05) is 12.1 Å². The van der Waals surface area contributed by atoms with Crippen molar-refractivity contribution in [1.29, 1.82) is 0 Å². The predicted octanol–water partition coefficient (Wildman–Crippen LogP) is 2.09. The molecule has 14 heavy (non-hydrogen) atoms. The first-order valence-corrected chi connectivity index (χ1v) is 4.98. The van der Waals surface area contributed by atoms with Gasteiger partial charge in [-0.25, -0.2) is 0 Å². The summed E-state index contributed by atoms with van der Waals surface area (Å²) >= 11 is 0. The third-order valence-electron chi connectivity index (χ3n) is 3.03. The predicted molar refractivity (Wildman–Crippen MR) is 54.3 cm³/mol. The van der Waals surface area contributed by atoms with Gasteiger partial charge in [-0.05, 0) is 43.4 Å². The number of fused-ring (bicyclic) bond motifs is 1. The molecule has 0 aliphatic heterocycles. The molecule has 0 saturated heterocycles. The van der Waals surface area contributed by atoms with E-state index < -0.39 is 0 Å². The van der Waals surface area contributed by atoms with Crippen LogP contribution in [0.2, 0.25) is 0 Å². The molecule has 0 amide bonds. The van der Waals surface area contributed by atoms with Crippen LogP contribution in [0.5, 0.6) is 5.75 Å². The van der Waals surface area contributed by atoms with Crippen LogP contribution in [0.3, 0.4) is 0 Å². The van der Waals surface area contributed by atoms with Crippen molar-refractivity contribution in [3.05, 3.63) is 29.3 Å². The molecule has 1 aliphatic rings. The zero-order chi connectivity index (χ0) is 10.1. The van der Waals surface area contributed by atoms with E-state index in [-0.39, 0.29) is 11.7 Å². The molecule has 74 valence electrons. The standard InChI is InChI=1S/C12H14O2/c1-8(13)9-5-6-11-10(7-9)3-2-4-12(11)14/h2-4,9,14H,5-7H2,1H3. The van der Waals surface area contributed by atoms with Gasteiger partial charge in [0.05, 0.1) is 0 Å². The summed E-state index contributed by atoms with van der Waals surface area (Å²) in [6, 6.07) is 5.56. The Balaban J connectivity index is 2.31. The lowest BCUT2D eigenvalue weighted by atomic mass is 9.82. The van der Waals surface area contributed by atoms with Gasteiger partial charge in [-0.2, -0.15) is 0 Å². The zero-order valence-corrected chi connectivity index (χ0v) is 8.29. The van der Waals surface area contributed by atoms with Gasteiger partial charge in [0.2, 0.25) is 0 Å². The number of phenolic OH excluding ortho intramolecular Hbond substituents is 1. The third-order valence-corrected chi connectivity index (χ3v) is 3.03. The van der Waals surface area contributed by atoms with Gasteiger partial charge in [0.1, 0.15) is 11.5 Å². The molecular formula is C12H14O2. The summed E-state index contributed by atoms with van der Waals surface area (Å²) in [4.78, 5) is 11.2. The van der Waals surface area contributed by atoms with Crippen molar-refractivity contribution in [3.8, 4) is 5.75 Å². The lowest BCUT2D eigenvalue weighted by Gasteiger charge is -2.22. The van der Waals surface area contributed by atoms with Crippen LogP contribution in [0.1, 0.15) is 24.5 Å². The Hall–Kier alpha value is -1.31. The van der Waals surface area contributed by atoms with E-state index in [1.54, 1.807) is 13.0 Å². The maximum absolute atomic E-state index is 11.2. The van der Waals surface area contributed by atoms with Crippen molar-refractivity contribution in [1.82, 2.24) is 0 Å². The Labute approximate surface area is 83.6 Å². The van der Waals surface area contributed by atoms with Crippen molar-refractivity contribution >= 4 is 5.78 Å². The van der Waals surface area contributed by atoms with Crippen molar-refractivity contribution in [2.45, 2.75) is 26.2 Å². The molecule has 0 aromatic heterocycles. The number of benzene rings is 1. The first-order chi connectivity index (χ1) is 6.68. The van der Waals surface area contributed by atoms with Crippen LogP contribution in [-0.4, -0.2) is 10.9 Å². The van der Waals surface area contributed by atoms with E-state index in [1.165, 1.54) is 0 Å². The Morgan fingerprint density at radius 3 is 3.00 bits per heavy atom. The number of rotatable bonds is 1. The molecule has 1 unspecified atom stereocenters. The van der Waals surface area contributed by atoms with Gasteiger partial charge in [-0.15, -0.1) is 0 Å². The maximum Gasteiger partial charge on any atom is 0.133 e. The highest BCUT2D eigenvalue weighted by molar-refractivity contribution is 5.79. The van der Waals surface area contributed by atoms with Crippen LogP contribution >= 0.6 is 0 Å². The van der Waals surface area contributed by atoms with Crippen LogP contribution in [0.25, 0.3) is 0 Å². The van der Waals surface area contributed by atoms with Crippen LogP contribution in [-0.2, 0) is 17.6 Å². The summed E-state index contributed by atoms with van der Waals surface area (Å²) in [6.45, 7) is 1.65. The summed E-state index contributed by atoms with van der Waals surface area (Å²) < 4.78 is 0. The molecule has 0 spiro atoms. The van der Waals surface area contributed by atoms with Crippen molar-refractivity contribution in [2.75, 3.05) is 0 Å². The van der Waals surface area contributed by atoms with Gasteiger partial charge < -0.3 is 5.11 Å². The van der Waals surface area contributed by atoms with Crippen molar-refractivity contribution in [3.63, 3.8) is 0 Å². The van der Waals surface area contributed by atoms with Gasteiger partial charge in [-0.3, -0.25) is 4.79 Å². The van der Waals surface area contributed by atoms with Gasteiger partial charge in [0.25, 0.3) is 0 Å². The van der Waals surface area contributed by atoms with Crippen LogP contribution in [0, 0.1) is 5.92 Å². The minimum Gasteiger partial charge on any atom is -0.508 e. The lowest BCUT2D eigenvalue weighted by molar-refractivity contribution is -0.121. The average Bonchev–Trinajstić information content (AvgIpc) is 2.17. The molecule has 1 atom stereocenters. The van der Waals surface area contributed by atoms with E-state index >= 15 is 0 Å². The molecule has 1 aromatic carbocycles. The Kier molecular flexibility index (Phi) is 2.28. The van der Waals surface area contributed by atoms with Crippen molar-refractivity contribution < 1.29 is 9.90 Å². The fourth-order valence-electron chi connectivity index (χ4n) is 2.13. The topological polar surface area (TPSA) is 37.3 Å². The second-order valence-electron chi connectivity index (χ2n) is 3.97. The molecule has 2 heteroatoms. The van der Waals surface area contributed by atoms with E-state index in [9.17, 15) is 9.90 Å². The minimum absolute atomic E-state index is 0.157. The summed E-state index contributed by atoms with van der Waals surface area (Å²) in [6.07, 6.45) is 2.49. The van der Waals surface area contributed by atoms with Crippen LogP contribution in [0.15, 0.2) is 18.2 Å². The molecular weight excluding hydrogens is 176 g/mol. The highest BCUT2D eigenvalue weighted by Gasteiger charge is 2.23. The third kappa shape index (κ3) is 1.52. The quantitative estimate of drug-likeness (QED) is 0.736. The fraction of sp³-hybridized carbons (Fsp3) is 0.417. The second kappa shape index (κ2) is 3.45. The van der Waals surface area contributed by atoms with Crippen molar-refractivity contribution in [2.24, 2.45) is 5.92 Å². The van der Waals surface area contributed by atoms with E-state index in [0.717, 1.165) is 30.4 Å². The molecule has 1 aromatic rings. The van der Waals surface area contributed by atoms with E-state index in [2.05, 4.69) is 0 Å². The smallest absolute Gasteiger partial charge is 0.133 e. The maximum atomic E-state index is 11.2. The zero-order valence-electron chi connectivity index (χ0n) is 8.29. The summed E-state index contributed by atoms with van der Waals surface area (Å²) in [5.41, 5.74) is 2.17. The normalized spacial score (nSPS) is 20.2. The number of ketones is 1. The number of hydrogen-bond acceptors (Lipinski definition) is 2. The Bertz CT molecular complexity index is 369. The Morgan fingerprint density at radius 1 is 1.50 bits per heavy atom.